The SMILES string of the molecule is CCOC(=O)NC(=S)NNC(=O)c1ccccc1. The second-order valence-corrected chi connectivity index (χ2v) is 3.53. The fraction of sp³-hybridized carbons (Fsp3) is 0.182. The van der Waals surface area contributed by atoms with Crippen LogP contribution in [0.1, 0.15) is 17.3 Å². The van der Waals surface area contributed by atoms with Crippen molar-refractivity contribution in [2.45, 2.75) is 6.92 Å². The molecule has 0 fully saturated rings. The molecular weight excluding hydrogens is 254 g/mol. The molecule has 1 aromatic carbocycles. The van der Waals surface area contributed by atoms with Gasteiger partial charge in [0.15, 0.2) is 5.11 Å². The Morgan fingerprint density at radius 3 is 2.50 bits per heavy atom. The van der Waals surface area contributed by atoms with Gasteiger partial charge in [0, 0.05) is 5.56 Å². The van der Waals surface area contributed by atoms with Crippen LogP contribution < -0.4 is 16.2 Å². The fourth-order valence-electron chi connectivity index (χ4n) is 1.07. The van der Waals surface area contributed by atoms with Crippen LogP contribution in [0.3, 0.4) is 0 Å². The van der Waals surface area contributed by atoms with E-state index in [2.05, 4.69) is 20.9 Å². The van der Waals surface area contributed by atoms with E-state index >= 15 is 0 Å². The van der Waals surface area contributed by atoms with Crippen molar-refractivity contribution in [2.75, 3.05) is 6.61 Å². The van der Waals surface area contributed by atoms with Crippen molar-refractivity contribution < 1.29 is 14.3 Å². The number of nitrogens with one attached hydrogen (secondary N) is 3. The van der Waals surface area contributed by atoms with Crippen LogP contribution in [-0.2, 0) is 4.74 Å². The minimum absolute atomic E-state index is 0.0438. The standard InChI is InChI=1S/C11H13N3O3S/c1-2-17-11(16)12-10(18)14-13-9(15)8-6-4-3-5-7-8/h3-7H,2H2,1H3,(H,13,15)(H2,12,14,16,18). The first-order valence-electron chi connectivity index (χ1n) is 5.22. The Balaban J connectivity index is 2.35. The normalized spacial score (nSPS) is 9.17. The van der Waals surface area contributed by atoms with Crippen molar-refractivity contribution >= 4 is 29.3 Å². The summed E-state index contributed by atoms with van der Waals surface area (Å²) in [5.41, 5.74) is 5.21. The van der Waals surface area contributed by atoms with Crippen molar-refractivity contribution in [3.05, 3.63) is 35.9 Å². The second-order valence-electron chi connectivity index (χ2n) is 3.12. The number of carbonyl (C=O) groups is 2. The highest BCUT2D eigenvalue weighted by Crippen LogP contribution is 1.96. The van der Waals surface area contributed by atoms with Crippen LogP contribution in [0.2, 0.25) is 0 Å². The smallest absolute Gasteiger partial charge is 0.413 e. The van der Waals surface area contributed by atoms with Gasteiger partial charge >= 0.3 is 6.09 Å². The summed E-state index contributed by atoms with van der Waals surface area (Å²) < 4.78 is 4.61. The molecule has 0 aliphatic heterocycles. The third-order valence-electron chi connectivity index (χ3n) is 1.82. The highest BCUT2D eigenvalue weighted by Gasteiger charge is 2.06. The molecule has 0 bridgehead atoms. The summed E-state index contributed by atoms with van der Waals surface area (Å²) in [6, 6.07) is 8.59. The molecule has 0 aromatic heterocycles. The van der Waals surface area contributed by atoms with E-state index in [1.54, 1.807) is 37.3 Å². The Labute approximate surface area is 110 Å². The van der Waals surface area contributed by atoms with Crippen LogP contribution in [0, 0.1) is 0 Å². The second kappa shape index (κ2) is 7.23. The molecule has 96 valence electrons. The molecule has 7 heteroatoms. The van der Waals surface area contributed by atoms with Gasteiger partial charge < -0.3 is 4.74 Å². The van der Waals surface area contributed by atoms with E-state index in [0.29, 0.717) is 5.56 Å². The summed E-state index contributed by atoms with van der Waals surface area (Å²) in [7, 11) is 0. The van der Waals surface area contributed by atoms with Crippen LogP contribution in [0.5, 0.6) is 0 Å². The molecule has 0 atom stereocenters. The molecular formula is C11H13N3O3S. The molecule has 0 aliphatic rings. The summed E-state index contributed by atoms with van der Waals surface area (Å²) >= 11 is 4.78. The highest BCUT2D eigenvalue weighted by atomic mass is 32.1. The Morgan fingerprint density at radius 2 is 1.89 bits per heavy atom. The number of alkyl carbamates (subject to hydrolysis) is 1. The number of hydrazine groups is 1. The van der Waals surface area contributed by atoms with Crippen molar-refractivity contribution in [3.63, 3.8) is 0 Å². The molecule has 0 aliphatic carbocycles. The lowest BCUT2D eigenvalue weighted by molar-refractivity contribution is 0.0943. The summed E-state index contributed by atoms with van der Waals surface area (Å²) in [4.78, 5) is 22.6. The largest absolute Gasteiger partial charge is 0.450 e. The number of hydrogen-bond donors (Lipinski definition) is 3. The van der Waals surface area contributed by atoms with E-state index in [-0.39, 0.29) is 17.6 Å². The predicted molar refractivity (Wildman–Crippen MR) is 69.8 cm³/mol. The van der Waals surface area contributed by atoms with E-state index in [1.807, 2.05) is 0 Å². The van der Waals surface area contributed by atoms with Gasteiger partial charge in [-0.15, -0.1) is 0 Å². The Bertz CT molecular complexity index is 436. The van der Waals surface area contributed by atoms with Gasteiger partial charge in [0.25, 0.3) is 5.91 Å². The first kappa shape index (κ1) is 13.9. The predicted octanol–water partition coefficient (Wildman–Crippen LogP) is 0.952. The van der Waals surface area contributed by atoms with Gasteiger partial charge in [-0.2, -0.15) is 0 Å². The van der Waals surface area contributed by atoms with E-state index in [4.69, 9.17) is 12.2 Å². The van der Waals surface area contributed by atoms with Gasteiger partial charge in [0.1, 0.15) is 0 Å². The van der Waals surface area contributed by atoms with Crippen LogP contribution in [0.4, 0.5) is 4.79 Å². The lowest BCUT2D eigenvalue weighted by atomic mass is 10.2. The summed E-state index contributed by atoms with van der Waals surface area (Å²) in [5, 5.41) is 2.19. The van der Waals surface area contributed by atoms with Crippen molar-refractivity contribution in [1.29, 1.82) is 0 Å². The lowest BCUT2D eigenvalue weighted by Crippen LogP contribution is -2.48. The maximum absolute atomic E-state index is 11.6. The lowest BCUT2D eigenvalue weighted by Gasteiger charge is -2.10. The van der Waals surface area contributed by atoms with Crippen molar-refractivity contribution in [2.24, 2.45) is 0 Å². The van der Waals surface area contributed by atoms with Gasteiger partial charge in [0.2, 0.25) is 0 Å². The van der Waals surface area contributed by atoms with Gasteiger partial charge in [-0.1, -0.05) is 18.2 Å². The van der Waals surface area contributed by atoms with Gasteiger partial charge in [-0.05, 0) is 31.3 Å². The van der Waals surface area contributed by atoms with Gasteiger partial charge in [-0.25, -0.2) is 4.79 Å². The summed E-state index contributed by atoms with van der Waals surface area (Å²) in [6.45, 7) is 1.91. The molecule has 0 radical (unpaired) electrons. The van der Waals surface area contributed by atoms with Crippen LogP contribution in [-0.4, -0.2) is 23.7 Å². The van der Waals surface area contributed by atoms with E-state index in [1.165, 1.54) is 0 Å². The number of ether oxygens (including phenoxy) is 1. The first-order valence-corrected chi connectivity index (χ1v) is 5.63. The monoisotopic (exact) mass is 267 g/mol. The van der Waals surface area contributed by atoms with Gasteiger partial charge in [-0.3, -0.25) is 21.0 Å². The number of benzene rings is 1. The Morgan fingerprint density at radius 1 is 1.22 bits per heavy atom. The summed E-state index contributed by atoms with van der Waals surface area (Å²) in [6.07, 6.45) is -0.677. The third kappa shape index (κ3) is 4.79. The molecule has 0 spiro atoms. The van der Waals surface area contributed by atoms with Crippen LogP contribution in [0.25, 0.3) is 0 Å². The number of thiocarbonyl (C=S) groups is 1. The minimum Gasteiger partial charge on any atom is -0.450 e. The van der Waals surface area contributed by atoms with E-state index < -0.39 is 6.09 Å². The Hall–Kier alpha value is -2.15. The van der Waals surface area contributed by atoms with Crippen molar-refractivity contribution in [3.8, 4) is 0 Å². The number of rotatable bonds is 2. The molecule has 18 heavy (non-hydrogen) atoms. The fourth-order valence-corrected chi connectivity index (χ4v) is 1.20. The number of carbonyl (C=O) groups excluding carboxylic acids is 2. The first-order chi connectivity index (χ1) is 8.63. The molecule has 1 aromatic rings. The quantitative estimate of drug-likeness (QED) is 0.549. The topological polar surface area (TPSA) is 79.5 Å². The van der Waals surface area contributed by atoms with Crippen LogP contribution >= 0.6 is 12.2 Å². The highest BCUT2D eigenvalue weighted by molar-refractivity contribution is 7.80. The molecule has 0 heterocycles. The zero-order chi connectivity index (χ0) is 13.4. The number of amides is 2. The molecule has 2 amide bonds. The average molecular weight is 267 g/mol. The van der Waals surface area contributed by atoms with E-state index in [0.717, 1.165) is 0 Å². The van der Waals surface area contributed by atoms with Crippen LogP contribution in [0.15, 0.2) is 30.3 Å². The summed E-state index contributed by atoms with van der Waals surface area (Å²) in [5.74, 6) is -0.358. The average Bonchev–Trinajstić information content (AvgIpc) is 2.37. The molecule has 6 nitrogen and oxygen atoms in total. The third-order valence-corrected chi connectivity index (χ3v) is 2.02. The zero-order valence-electron chi connectivity index (χ0n) is 9.73. The van der Waals surface area contributed by atoms with E-state index in [9.17, 15) is 9.59 Å². The maximum atomic E-state index is 11.6. The molecule has 0 unspecified atom stereocenters. The zero-order valence-corrected chi connectivity index (χ0v) is 10.5. The maximum Gasteiger partial charge on any atom is 0.413 e. The van der Waals surface area contributed by atoms with Crippen molar-refractivity contribution in [1.82, 2.24) is 16.2 Å². The molecule has 3 N–H and O–H groups in total. The molecule has 1 rings (SSSR count). The number of hydrogen-bond acceptors (Lipinski definition) is 4. The molecule has 0 saturated carbocycles. The minimum atomic E-state index is -0.677. The Kier molecular flexibility index (Phi) is 5.59. The molecule has 0 saturated heterocycles. The van der Waals surface area contributed by atoms with Gasteiger partial charge in [0.05, 0.1) is 6.61 Å².